The highest BCUT2D eigenvalue weighted by Crippen LogP contribution is 2.29. The number of rotatable bonds is 7. The lowest BCUT2D eigenvalue weighted by Crippen LogP contribution is -2.30. The highest BCUT2D eigenvalue weighted by atomic mass is 32.2. The SMILES string of the molecule is Cc1cccc(C)c1N(Cc1ccc(C(=O)Nc2ccccc2C(C)C)cc1)S(C)(=O)=O. The fourth-order valence-corrected chi connectivity index (χ4v) is 4.80. The number of benzene rings is 3. The van der Waals surface area contributed by atoms with Crippen molar-refractivity contribution in [2.75, 3.05) is 15.9 Å². The minimum atomic E-state index is -3.49. The number of amides is 1. The summed E-state index contributed by atoms with van der Waals surface area (Å²) in [4.78, 5) is 12.8. The molecule has 0 bridgehead atoms. The molecule has 0 saturated heterocycles. The minimum Gasteiger partial charge on any atom is -0.322 e. The van der Waals surface area contributed by atoms with E-state index in [0.29, 0.717) is 17.2 Å². The molecule has 32 heavy (non-hydrogen) atoms. The van der Waals surface area contributed by atoms with E-state index in [1.54, 1.807) is 24.3 Å². The number of nitrogens with one attached hydrogen (secondary N) is 1. The van der Waals surface area contributed by atoms with Crippen molar-refractivity contribution in [3.05, 3.63) is 94.5 Å². The first-order valence-corrected chi connectivity index (χ1v) is 12.5. The molecule has 0 saturated carbocycles. The van der Waals surface area contributed by atoms with Crippen LogP contribution in [0.1, 0.15) is 52.4 Å². The van der Waals surface area contributed by atoms with E-state index in [2.05, 4.69) is 19.2 Å². The first-order valence-electron chi connectivity index (χ1n) is 10.6. The van der Waals surface area contributed by atoms with Gasteiger partial charge in [0.2, 0.25) is 10.0 Å². The summed E-state index contributed by atoms with van der Waals surface area (Å²) < 4.78 is 26.6. The standard InChI is InChI=1S/C26H30N2O3S/c1-18(2)23-11-6-7-12-24(23)27-26(29)22-15-13-21(14-16-22)17-28(32(5,30)31)25-19(3)9-8-10-20(25)4/h6-16,18H,17H2,1-5H3,(H,27,29). The molecule has 1 N–H and O–H groups in total. The lowest BCUT2D eigenvalue weighted by Gasteiger charge is -2.26. The molecule has 0 radical (unpaired) electrons. The summed E-state index contributed by atoms with van der Waals surface area (Å²) in [6.45, 7) is 8.18. The molecule has 0 unspecified atom stereocenters. The van der Waals surface area contributed by atoms with Gasteiger partial charge in [-0.05, 0) is 60.2 Å². The Hall–Kier alpha value is -3.12. The summed E-state index contributed by atoms with van der Waals surface area (Å²) >= 11 is 0. The van der Waals surface area contributed by atoms with Gasteiger partial charge in [-0.1, -0.05) is 62.4 Å². The topological polar surface area (TPSA) is 66.5 Å². The number of anilines is 2. The number of aryl methyl sites for hydroxylation is 2. The Morgan fingerprint density at radius 1 is 0.906 bits per heavy atom. The quantitative estimate of drug-likeness (QED) is 0.506. The molecule has 0 spiro atoms. The van der Waals surface area contributed by atoms with Gasteiger partial charge in [-0.3, -0.25) is 9.10 Å². The average molecular weight is 451 g/mol. The van der Waals surface area contributed by atoms with Crippen LogP contribution in [0.2, 0.25) is 0 Å². The summed E-state index contributed by atoms with van der Waals surface area (Å²) in [7, 11) is -3.49. The first-order chi connectivity index (χ1) is 15.1. The molecule has 3 aromatic rings. The molecular weight excluding hydrogens is 420 g/mol. The fourth-order valence-electron chi connectivity index (χ4n) is 3.80. The molecular formula is C26H30N2O3S. The third kappa shape index (κ3) is 5.37. The molecule has 5 nitrogen and oxygen atoms in total. The summed E-state index contributed by atoms with van der Waals surface area (Å²) in [5.41, 5.74) is 5.69. The van der Waals surface area contributed by atoms with E-state index < -0.39 is 10.0 Å². The van der Waals surface area contributed by atoms with Gasteiger partial charge in [0.15, 0.2) is 0 Å². The van der Waals surface area contributed by atoms with Crippen LogP contribution >= 0.6 is 0 Å². The summed E-state index contributed by atoms with van der Waals surface area (Å²) in [5, 5.41) is 2.99. The second-order valence-corrected chi connectivity index (χ2v) is 10.3. The molecule has 3 aromatic carbocycles. The number of nitrogens with zero attached hydrogens (tertiary/aromatic N) is 1. The molecule has 0 aromatic heterocycles. The van der Waals surface area contributed by atoms with Gasteiger partial charge < -0.3 is 5.32 Å². The molecule has 168 valence electrons. The van der Waals surface area contributed by atoms with Gasteiger partial charge in [0.1, 0.15) is 0 Å². The first kappa shape index (κ1) is 23.5. The van der Waals surface area contributed by atoms with Crippen LogP contribution in [-0.2, 0) is 16.6 Å². The lowest BCUT2D eigenvalue weighted by molar-refractivity contribution is 0.102. The Bertz CT molecular complexity index is 1200. The molecule has 0 aliphatic carbocycles. The molecule has 3 rings (SSSR count). The fraction of sp³-hybridized carbons (Fsp3) is 0.269. The van der Waals surface area contributed by atoms with Crippen molar-refractivity contribution in [3.8, 4) is 0 Å². The van der Waals surface area contributed by atoms with E-state index >= 15 is 0 Å². The monoisotopic (exact) mass is 450 g/mol. The van der Waals surface area contributed by atoms with E-state index in [1.165, 1.54) is 10.6 Å². The third-order valence-corrected chi connectivity index (χ3v) is 6.57. The van der Waals surface area contributed by atoms with Gasteiger partial charge >= 0.3 is 0 Å². The van der Waals surface area contributed by atoms with Gasteiger partial charge in [0.25, 0.3) is 5.91 Å². The smallest absolute Gasteiger partial charge is 0.255 e. The van der Waals surface area contributed by atoms with Crippen molar-refractivity contribution in [2.24, 2.45) is 0 Å². The predicted octanol–water partition coefficient (Wildman–Crippen LogP) is 5.65. The van der Waals surface area contributed by atoms with Crippen LogP contribution in [0.15, 0.2) is 66.7 Å². The maximum absolute atomic E-state index is 12.8. The number of para-hydroxylation sites is 2. The largest absolute Gasteiger partial charge is 0.322 e. The normalized spacial score (nSPS) is 11.4. The predicted molar refractivity (Wildman–Crippen MR) is 132 cm³/mol. The second-order valence-electron chi connectivity index (χ2n) is 8.40. The zero-order valence-electron chi connectivity index (χ0n) is 19.2. The maximum atomic E-state index is 12.8. The Kier molecular flexibility index (Phi) is 7.04. The Morgan fingerprint density at radius 3 is 2.06 bits per heavy atom. The zero-order valence-corrected chi connectivity index (χ0v) is 20.0. The van der Waals surface area contributed by atoms with Crippen LogP contribution in [0.3, 0.4) is 0 Å². The Balaban J connectivity index is 1.82. The Morgan fingerprint density at radius 2 is 1.50 bits per heavy atom. The highest BCUT2D eigenvalue weighted by Gasteiger charge is 2.21. The number of sulfonamides is 1. The van der Waals surface area contributed by atoms with Gasteiger partial charge in [-0.2, -0.15) is 0 Å². The van der Waals surface area contributed by atoms with Crippen LogP contribution in [0, 0.1) is 13.8 Å². The number of carbonyl (C=O) groups is 1. The van der Waals surface area contributed by atoms with Crippen molar-refractivity contribution in [1.82, 2.24) is 0 Å². The van der Waals surface area contributed by atoms with Gasteiger partial charge in [-0.15, -0.1) is 0 Å². The molecule has 0 heterocycles. The van der Waals surface area contributed by atoms with Gasteiger partial charge in [0, 0.05) is 11.3 Å². The van der Waals surface area contributed by atoms with Crippen molar-refractivity contribution in [3.63, 3.8) is 0 Å². The van der Waals surface area contributed by atoms with Crippen molar-refractivity contribution < 1.29 is 13.2 Å². The minimum absolute atomic E-state index is 0.195. The summed E-state index contributed by atoms with van der Waals surface area (Å²) in [5.74, 6) is 0.0973. The molecule has 0 aliphatic heterocycles. The Labute approximate surface area is 191 Å². The van der Waals surface area contributed by atoms with Gasteiger partial charge in [0.05, 0.1) is 18.5 Å². The number of hydrogen-bond acceptors (Lipinski definition) is 3. The highest BCUT2D eigenvalue weighted by molar-refractivity contribution is 7.92. The van der Waals surface area contributed by atoms with Crippen LogP contribution < -0.4 is 9.62 Å². The van der Waals surface area contributed by atoms with E-state index in [1.807, 2.05) is 56.3 Å². The van der Waals surface area contributed by atoms with Crippen LogP contribution in [0.25, 0.3) is 0 Å². The molecule has 0 atom stereocenters. The maximum Gasteiger partial charge on any atom is 0.255 e. The van der Waals surface area contributed by atoms with E-state index in [9.17, 15) is 13.2 Å². The van der Waals surface area contributed by atoms with Crippen LogP contribution in [0.4, 0.5) is 11.4 Å². The van der Waals surface area contributed by atoms with Crippen LogP contribution in [0.5, 0.6) is 0 Å². The van der Waals surface area contributed by atoms with E-state index in [4.69, 9.17) is 0 Å². The molecule has 1 amide bonds. The van der Waals surface area contributed by atoms with Crippen molar-refractivity contribution in [2.45, 2.75) is 40.2 Å². The molecule has 0 fully saturated rings. The summed E-state index contributed by atoms with van der Waals surface area (Å²) in [6, 6.07) is 20.6. The number of hydrogen-bond donors (Lipinski definition) is 1. The lowest BCUT2D eigenvalue weighted by atomic mass is 10.0. The number of carbonyl (C=O) groups excluding carboxylic acids is 1. The van der Waals surface area contributed by atoms with Gasteiger partial charge in [-0.25, -0.2) is 8.42 Å². The van der Waals surface area contributed by atoms with E-state index in [0.717, 1.165) is 27.9 Å². The zero-order chi connectivity index (χ0) is 23.5. The molecule has 0 aliphatic rings. The van der Waals surface area contributed by atoms with Crippen molar-refractivity contribution in [1.29, 1.82) is 0 Å². The van der Waals surface area contributed by atoms with Crippen LogP contribution in [-0.4, -0.2) is 20.6 Å². The van der Waals surface area contributed by atoms with E-state index in [-0.39, 0.29) is 12.5 Å². The third-order valence-electron chi connectivity index (χ3n) is 5.46. The average Bonchev–Trinajstić information content (AvgIpc) is 2.73. The second kappa shape index (κ2) is 9.57. The van der Waals surface area contributed by atoms with Crippen molar-refractivity contribution >= 4 is 27.3 Å². The summed E-state index contributed by atoms with van der Waals surface area (Å²) in [6.07, 6.45) is 1.22. The molecule has 6 heteroatoms.